The summed E-state index contributed by atoms with van der Waals surface area (Å²) in [5, 5.41) is 0. The van der Waals surface area contributed by atoms with Crippen LogP contribution < -0.4 is 0 Å². The maximum Gasteiger partial charge on any atom is 0.410 e. The summed E-state index contributed by atoms with van der Waals surface area (Å²) >= 11 is 0. The Hall–Kier alpha value is -1.17. The first kappa shape index (κ1) is 8.83. The molecule has 1 unspecified atom stereocenters. The normalized spacial score (nSPS) is 11.4. The van der Waals surface area contributed by atoms with Crippen molar-refractivity contribution in [1.82, 2.24) is 4.90 Å². The van der Waals surface area contributed by atoms with Gasteiger partial charge in [0.1, 0.15) is 0 Å². The Labute approximate surface area is 61.0 Å². The first-order valence-corrected chi connectivity index (χ1v) is 2.92. The molecule has 3 nitrogen and oxygen atoms in total. The largest absolute Gasteiger partial charge is 0.433 e. The summed E-state index contributed by atoms with van der Waals surface area (Å²) in [6, 6.07) is 0. The minimum atomic E-state index is -0.449. The minimum absolute atomic E-state index is 0.412. The van der Waals surface area contributed by atoms with Crippen LogP contribution in [-0.2, 0) is 4.74 Å². The zero-order chi connectivity index (χ0) is 8.15. The van der Waals surface area contributed by atoms with Crippen LogP contribution in [0, 0.1) is 12.3 Å². The van der Waals surface area contributed by atoms with E-state index in [2.05, 4.69) is 5.92 Å². The van der Waals surface area contributed by atoms with E-state index in [1.807, 2.05) is 0 Å². The van der Waals surface area contributed by atoms with Crippen LogP contribution in [0.5, 0.6) is 0 Å². The van der Waals surface area contributed by atoms with Gasteiger partial charge in [0.2, 0.25) is 0 Å². The molecule has 0 bridgehead atoms. The van der Waals surface area contributed by atoms with Gasteiger partial charge in [0.15, 0.2) is 6.10 Å². The lowest BCUT2D eigenvalue weighted by Gasteiger charge is -2.12. The van der Waals surface area contributed by atoms with Gasteiger partial charge < -0.3 is 9.64 Å². The fourth-order valence-electron chi connectivity index (χ4n) is 0.291. The van der Waals surface area contributed by atoms with Crippen molar-refractivity contribution in [1.29, 1.82) is 0 Å². The molecule has 0 aliphatic rings. The van der Waals surface area contributed by atoms with Crippen LogP contribution in [0.15, 0.2) is 0 Å². The lowest BCUT2D eigenvalue weighted by molar-refractivity contribution is 0.104. The zero-order valence-corrected chi connectivity index (χ0v) is 6.42. The lowest BCUT2D eigenvalue weighted by atomic mass is 10.4. The van der Waals surface area contributed by atoms with E-state index in [-0.39, 0.29) is 0 Å². The summed E-state index contributed by atoms with van der Waals surface area (Å²) in [5.74, 6) is 2.28. The second kappa shape index (κ2) is 3.78. The van der Waals surface area contributed by atoms with Crippen molar-refractivity contribution < 1.29 is 9.53 Å². The average molecular weight is 141 g/mol. The van der Waals surface area contributed by atoms with Gasteiger partial charge in [0.25, 0.3) is 0 Å². The zero-order valence-electron chi connectivity index (χ0n) is 6.42. The Morgan fingerprint density at radius 3 is 2.50 bits per heavy atom. The number of hydrogen-bond acceptors (Lipinski definition) is 2. The lowest BCUT2D eigenvalue weighted by Crippen LogP contribution is -2.25. The van der Waals surface area contributed by atoms with Gasteiger partial charge in [-0.3, -0.25) is 0 Å². The van der Waals surface area contributed by atoms with E-state index in [0.717, 1.165) is 0 Å². The van der Waals surface area contributed by atoms with Crippen LogP contribution in [0.3, 0.4) is 0 Å². The van der Waals surface area contributed by atoms with Crippen molar-refractivity contribution in [3.63, 3.8) is 0 Å². The molecule has 0 heterocycles. The fraction of sp³-hybridized carbons (Fsp3) is 0.571. The highest BCUT2D eigenvalue weighted by atomic mass is 16.6. The summed E-state index contributed by atoms with van der Waals surface area (Å²) in [5.41, 5.74) is 0. The van der Waals surface area contributed by atoms with Gasteiger partial charge in [-0.2, -0.15) is 0 Å². The minimum Gasteiger partial charge on any atom is -0.433 e. The first-order chi connectivity index (χ1) is 4.57. The number of hydrogen-bond donors (Lipinski definition) is 0. The van der Waals surface area contributed by atoms with Crippen molar-refractivity contribution in [2.24, 2.45) is 0 Å². The Morgan fingerprint density at radius 1 is 1.70 bits per heavy atom. The number of nitrogens with zero attached hydrogens (tertiary/aromatic N) is 1. The van der Waals surface area contributed by atoms with Crippen LogP contribution in [0.2, 0.25) is 0 Å². The second-order valence-corrected chi connectivity index (χ2v) is 2.09. The third kappa shape index (κ3) is 2.98. The van der Waals surface area contributed by atoms with Crippen LogP contribution >= 0.6 is 0 Å². The number of amides is 1. The molecule has 0 aliphatic carbocycles. The van der Waals surface area contributed by atoms with Crippen molar-refractivity contribution >= 4 is 6.09 Å². The van der Waals surface area contributed by atoms with E-state index in [1.54, 1.807) is 21.0 Å². The highest BCUT2D eigenvalue weighted by Crippen LogP contribution is 1.91. The highest BCUT2D eigenvalue weighted by Gasteiger charge is 2.07. The van der Waals surface area contributed by atoms with Gasteiger partial charge in [-0.25, -0.2) is 4.79 Å². The van der Waals surface area contributed by atoms with Crippen molar-refractivity contribution in [3.8, 4) is 12.3 Å². The van der Waals surface area contributed by atoms with Crippen molar-refractivity contribution in [3.05, 3.63) is 0 Å². The monoisotopic (exact) mass is 141 g/mol. The summed E-state index contributed by atoms with van der Waals surface area (Å²) < 4.78 is 4.71. The van der Waals surface area contributed by atoms with E-state index in [4.69, 9.17) is 11.2 Å². The van der Waals surface area contributed by atoms with Crippen LogP contribution in [0.25, 0.3) is 0 Å². The molecule has 0 aromatic heterocycles. The van der Waals surface area contributed by atoms with Gasteiger partial charge in [0.05, 0.1) is 0 Å². The van der Waals surface area contributed by atoms with E-state index >= 15 is 0 Å². The Morgan fingerprint density at radius 2 is 2.20 bits per heavy atom. The maximum absolute atomic E-state index is 10.7. The van der Waals surface area contributed by atoms with Crippen LogP contribution in [0.1, 0.15) is 6.92 Å². The quantitative estimate of drug-likeness (QED) is 0.503. The summed E-state index contributed by atoms with van der Waals surface area (Å²) in [4.78, 5) is 12.0. The van der Waals surface area contributed by atoms with Gasteiger partial charge in [-0.1, -0.05) is 5.92 Å². The van der Waals surface area contributed by atoms with Crippen LogP contribution in [-0.4, -0.2) is 31.2 Å². The maximum atomic E-state index is 10.7. The molecule has 56 valence electrons. The summed E-state index contributed by atoms with van der Waals surface area (Å²) in [7, 11) is 3.21. The number of carbonyl (C=O) groups excluding carboxylic acids is 1. The van der Waals surface area contributed by atoms with E-state index in [1.165, 1.54) is 4.90 Å². The van der Waals surface area contributed by atoms with Crippen LogP contribution in [0.4, 0.5) is 4.79 Å². The molecule has 1 amide bonds. The molecule has 1 atom stereocenters. The number of ether oxygens (including phenoxy) is 1. The van der Waals surface area contributed by atoms with E-state index in [9.17, 15) is 4.79 Å². The molecule has 3 heteroatoms. The molecule has 0 N–H and O–H groups in total. The molecule has 0 spiro atoms. The molecule has 10 heavy (non-hydrogen) atoms. The fourth-order valence-corrected chi connectivity index (χ4v) is 0.291. The molecular formula is C7H11NO2. The van der Waals surface area contributed by atoms with Gasteiger partial charge in [0, 0.05) is 14.1 Å². The molecule has 0 radical (unpaired) electrons. The molecule has 0 saturated heterocycles. The Balaban J connectivity index is 3.71. The summed E-state index contributed by atoms with van der Waals surface area (Å²) in [6.07, 6.45) is 4.11. The molecule has 0 fully saturated rings. The van der Waals surface area contributed by atoms with Crippen molar-refractivity contribution in [2.75, 3.05) is 14.1 Å². The van der Waals surface area contributed by atoms with Gasteiger partial charge >= 0.3 is 6.09 Å². The highest BCUT2D eigenvalue weighted by molar-refractivity contribution is 5.67. The standard InChI is InChI=1S/C7H11NO2/c1-5-6(2)10-7(9)8(3)4/h1,6H,2-4H3. The second-order valence-electron chi connectivity index (χ2n) is 2.09. The predicted molar refractivity (Wildman–Crippen MR) is 38.5 cm³/mol. The molecule has 0 saturated carbocycles. The smallest absolute Gasteiger partial charge is 0.410 e. The SMILES string of the molecule is C#CC(C)OC(=O)N(C)C. The third-order valence-electron chi connectivity index (χ3n) is 0.877. The van der Waals surface area contributed by atoms with E-state index < -0.39 is 12.2 Å². The van der Waals surface area contributed by atoms with E-state index in [0.29, 0.717) is 0 Å². The average Bonchev–Trinajstić information content (AvgIpc) is 1.87. The Kier molecular flexibility index (Phi) is 3.34. The topological polar surface area (TPSA) is 29.5 Å². The number of terminal acetylenes is 1. The molecule has 0 rings (SSSR count). The predicted octanol–water partition coefficient (Wildman–Crippen LogP) is 0.706. The number of carbonyl (C=O) groups is 1. The van der Waals surface area contributed by atoms with Crippen molar-refractivity contribution in [2.45, 2.75) is 13.0 Å². The van der Waals surface area contributed by atoms with Gasteiger partial charge in [-0.15, -0.1) is 6.42 Å². The Bertz CT molecular complexity index is 157. The molecular weight excluding hydrogens is 130 g/mol. The number of rotatable bonds is 1. The summed E-state index contributed by atoms with van der Waals surface area (Å²) in [6.45, 7) is 1.64. The third-order valence-corrected chi connectivity index (χ3v) is 0.877. The first-order valence-electron chi connectivity index (χ1n) is 2.92. The molecule has 0 aromatic rings. The molecule has 0 aromatic carbocycles. The van der Waals surface area contributed by atoms with Gasteiger partial charge in [-0.05, 0) is 6.92 Å². The molecule has 0 aliphatic heterocycles.